The van der Waals surface area contributed by atoms with E-state index in [1.165, 1.54) is 27.3 Å². The van der Waals surface area contributed by atoms with Gasteiger partial charge in [0.15, 0.2) is 11.5 Å². The first-order valence-corrected chi connectivity index (χ1v) is 5.83. The Morgan fingerprint density at radius 1 is 1.14 bits per heavy atom. The molecule has 8 heteroatoms. The number of aryl methyl sites for hydroxylation is 1. The van der Waals surface area contributed by atoms with Crippen molar-refractivity contribution in [3.8, 4) is 11.5 Å². The molecule has 0 atom stereocenters. The number of hydrogen-bond donors (Lipinski definition) is 1. The Bertz CT molecular complexity index is 766. The quantitative estimate of drug-likeness (QED) is 0.923. The number of rotatable bonds is 2. The predicted molar refractivity (Wildman–Crippen MR) is 71.7 cm³/mol. The number of ether oxygens (including phenoxy) is 2. The van der Waals surface area contributed by atoms with Gasteiger partial charge in [-0.3, -0.25) is 4.79 Å². The highest BCUT2D eigenvalue weighted by Crippen LogP contribution is 2.40. The number of nitrogens with zero attached hydrogens (tertiary/aromatic N) is 1. The summed E-state index contributed by atoms with van der Waals surface area (Å²) in [6.07, 6.45) is -4.75. The molecule has 0 aliphatic rings. The SMILES string of the molecule is COc1cc2c(C(F)(F)F)c(N)c(=O)n(C)c2cc1OC. The molecule has 0 aliphatic carbocycles. The molecule has 1 aromatic heterocycles. The van der Waals surface area contributed by atoms with Crippen molar-refractivity contribution in [2.24, 2.45) is 7.05 Å². The topological polar surface area (TPSA) is 66.5 Å². The largest absolute Gasteiger partial charge is 0.493 e. The van der Waals surface area contributed by atoms with Crippen LogP contribution in [0.1, 0.15) is 5.56 Å². The third-order valence-electron chi connectivity index (χ3n) is 3.22. The van der Waals surface area contributed by atoms with Gasteiger partial charge in [-0.2, -0.15) is 13.2 Å². The number of nitrogens with two attached hydrogens (primary N) is 1. The highest BCUT2D eigenvalue weighted by molar-refractivity contribution is 5.90. The predicted octanol–water partition coefficient (Wildman–Crippen LogP) is 2.16. The van der Waals surface area contributed by atoms with Crippen LogP contribution in [0.4, 0.5) is 18.9 Å². The number of aromatic nitrogens is 1. The molecule has 2 aromatic rings. The van der Waals surface area contributed by atoms with Crippen molar-refractivity contribution in [2.45, 2.75) is 6.18 Å². The molecule has 5 nitrogen and oxygen atoms in total. The zero-order chi connectivity index (χ0) is 15.9. The van der Waals surface area contributed by atoms with Crippen LogP contribution in [0.15, 0.2) is 16.9 Å². The number of alkyl halides is 3. The fourth-order valence-electron chi connectivity index (χ4n) is 2.19. The van der Waals surface area contributed by atoms with Gasteiger partial charge in [-0.25, -0.2) is 0 Å². The van der Waals surface area contributed by atoms with Crippen molar-refractivity contribution < 1.29 is 22.6 Å². The van der Waals surface area contributed by atoms with Crippen molar-refractivity contribution in [2.75, 3.05) is 20.0 Å². The number of fused-ring (bicyclic) bond motifs is 1. The van der Waals surface area contributed by atoms with E-state index < -0.39 is 23.0 Å². The van der Waals surface area contributed by atoms with E-state index >= 15 is 0 Å². The molecule has 0 saturated heterocycles. The summed E-state index contributed by atoms with van der Waals surface area (Å²) in [5, 5.41) is -0.222. The van der Waals surface area contributed by atoms with Crippen molar-refractivity contribution in [1.29, 1.82) is 0 Å². The Morgan fingerprint density at radius 3 is 2.14 bits per heavy atom. The Labute approximate surface area is 117 Å². The summed E-state index contributed by atoms with van der Waals surface area (Å²) in [5.41, 5.74) is 2.50. The molecule has 0 aliphatic heterocycles. The maximum atomic E-state index is 13.2. The molecule has 2 rings (SSSR count). The lowest BCUT2D eigenvalue weighted by atomic mass is 10.1. The number of benzene rings is 1. The smallest absolute Gasteiger partial charge is 0.419 e. The summed E-state index contributed by atoms with van der Waals surface area (Å²) in [5.74, 6) is 0.339. The number of methoxy groups -OCH3 is 2. The number of pyridine rings is 1. The Morgan fingerprint density at radius 2 is 1.67 bits per heavy atom. The number of halogens is 3. The molecule has 0 unspecified atom stereocenters. The van der Waals surface area contributed by atoms with Gasteiger partial charge in [-0.1, -0.05) is 0 Å². The minimum atomic E-state index is -4.75. The highest BCUT2D eigenvalue weighted by Gasteiger charge is 2.37. The summed E-state index contributed by atoms with van der Waals surface area (Å²) in [6, 6.07) is 2.47. The van der Waals surface area contributed by atoms with Crippen LogP contribution in [0.5, 0.6) is 11.5 Å². The monoisotopic (exact) mass is 302 g/mol. The normalized spacial score (nSPS) is 11.7. The molecule has 1 heterocycles. The van der Waals surface area contributed by atoms with Crippen molar-refractivity contribution in [3.05, 3.63) is 28.0 Å². The van der Waals surface area contributed by atoms with Crippen LogP contribution in [0, 0.1) is 0 Å². The van der Waals surface area contributed by atoms with E-state index in [9.17, 15) is 18.0 Å². The van der Waals surface area contributed by atoms with Crippen molar-refractivity contribution in [3.63, 3.8) is 0 Å². The minimum absolute atomic E-state index is 0.0548. The molecule has 114 valence electrons. The van der Waals surface area contributed by atoms with Gasteiger partial charge in [0.2, 0.25) is 0 Å². The number of hydrogen-bond acceptors (Lipinski definition) is 4. The molecule has 0 saturated carbocycles. The van der Waals surface area contributed by atoms with Crippen molar-refractivity contribution >= 4 is 16.6 Å². The van der Waals surface area contributed by atoms with Gasteiger partial charge in [-0.15, -0.1) is 0 Å². The maximum absolute atomic E-state index is 13.2. The van der Waals surface area contributed by atoms with Gasteiger partial charge in [0.05, 0.1) is 25.3 Å². The molecule has 0 spiro atoms. The molecule has 2 N–H and O–H groups in total. The second kappa shape index (κ2) is 4.87. The average molecular weight is 302 g/mol. The summed E-state index contributed by atoms with van der Waals surface area (Å²) in [7, 11) is 4.00. The summed E-state index contributed by atoms with van der Waals surface area (Å²) < 4.78 is 50.7. The second-order valence-corrected chi connectivity index (χ2v) is 4.37. The van der Waals surface area contributed by atoms with Gasteiger partial charge in [-0.05, 0) is 6.07 Å². The molecule has 0 fully saturated rings. The summed E-state index contributed by atoms with van der Waals surface area (Å²) in [4.78, 5) is 11.9. The van der Waals surface area contributed by atoms with Gasteiger partial charge >= 0.3 is 6.18 Å². The van der Waals surface area contributed by atoms with E-state index in [-0.39, 0.29) is 22.4 Å². The van der Waals surface area contributed by atoms with Crippen LogP contribution in [0.3, 0.4) is 0 Å². The maximum Gasteiger partial charge on any atom is 0.419 e. The zero-order valence-corrected chi connectivity index (χ0v) is 11.5. The molecular weight excluding hydrogens is 289 g/mol. The van der Waals surface area contributed by atoms with E-state index in [4.69, 9.17) is 15.2 Å². The summed E-state index contributed by atoms with van der Waals surface area (Å²) >= 11 is 0. The van der Waals surface area contributed by atoms with Crippen LogP contribution in [0.2, 0.25) is 0 Å². The first kappa shape index (κ1) is 15.0. The number of nitrogen functional groups attached to an aromatic ring is 1. The minimum Gasteiger partial charge on any atom is -0.493 e. The molecule has 1 aromatic carbocycles. The van der Waals surface area contributed by atoms with Gasteiger partial charge < -0.3 is 19.8 Å². The fourth-order valence-corrected chi connectivity index (χ4v) is 2.19. The average Bonchev–Trinajstić information content (AvgIpc) is 2.42. The Hall–Kier alpha value is -2.38. The number of anilines is 1. The lowest BCUT2D eigenvalue weighted by Gasteiger charge is -2.17. The molecule has 0 radical (unpaired) electrons. The lowest BCUT2D eigenvalue weighted by Crippen LogP contribution is -2.25. The standard InChI is InChI=1S/C13H13F3N2O3/c1-18-7-5-9(21-3)8(20-2)4-6(7)10(13(14,15)16)11(17)12(18)19/h4-5H,17H2,1-3H3. The van der Waals surface area contributed by atoms with Crippen LogP contribution < -0.4 is 20.8 Å². The lowest BCUT2D eigenvalue weighted by molar-refractivity contribution is -0.135. The Balaban J connectivity index is 3.06. The first-order valence-electron chi connectivity index (χ1n) is 5.83. The van der Waals surface area contributed by atoms with E-state index in [0.717, 1.165) is 10.6 Å². The van der Waals surface area contributed by atoms with Gasteiger partial charge in [0.1, 0.15) is 5.69 Å². The van der Waals surface area contributed by atoms with Crippen LogP contribution in [-0.2, 0) is 13.2 Å². The third kappa shape index (κ3) is 2.26. The van der Waals surface area contributed by atoms with Gasteiger partial charge in [0.25, 0.3) is 5.56 Å². The van der Waals surface area contributed by atoms with Crippen LogP contribution >= 0.6 is 0 Å². The highest BCUT2D eigenvalue weighted by atomic mass is 19.4. The fraction of sp³-hybridized carbons (Fsp3) is 0.308. The van der Waals surface area contributed by atoms with E-state index in [0.29, 0.717) is 0 Å². The third-order valence-corrected chi connectivity index (χ3v) is 3.22. The Kier molecular flexibility index (Phi) is 3.48. The van der Waals surface area contributed by atoms with Crippen LogP contribution in [-0.4, -0.2) is 18.8 Å². The van der Waals surface area contributed by atoms with Crippen LogP contribution in [0.25, 0.3) is 10.9 Å². The molecule has 0 amide bonds. The molecular formula is C13H13F3N2O3. The molecule has 21 heavy (non-hydrogen) atoms. The van der Waals surface area contributed by atoms with E-state index in [1.807, 2.05) is 0 Å². The molecule has 0 bridgehead atoms. The van der Waals surface area contributed by atoms with E-state index in [2.05, 4.69) is 0 Å². The zero-order valence-electron chi connectivity index (χ0n) is 11.5. The summed E-state index contributed by atoms with van der Waals surface area (Å²) in [6.45, 7) is 0. The first-order chi connectivity index (χ1) is 9.72. The van der Waals surface area contributed by atoms with Gasteiger partial charge in [0, 0.05) is 18.5 Å². The van der Waals surface area contributed by atoms with E-state index in [1.54, 1.807) is 0 Å². The van der Waals surface area contributed by atoms with Crippen molar-refractivity contribution in [1.82, 2.24) is 4.57 Å². The second-order valence-electron chi connectivity index (χ2n) is 4.37.